The molecule has 0 spiro atoms. The van der Waals surface area contributed by atoms with Gasteiger partial charge in [-0.1, -0.05) is 13.8 Å². The second kappa shape index (κ2) is 8.87. The number of nitrogens with zero attached hydrogens (tertiary/aromatic N) is 1. The highest BCUT2D eigenvalue weighted by Gasteiger charge is 2.20. The lowest BCUT2D eigenvalue weighted by Crippen LogP contribution is -2.17. The number of methoxy groups -OCH3 is 1. The van der Waals surface area contributed by atoms with Crippen molar-refractivity contribution < 1.29 is 19.0 Å². The zero-order valence-electron chi connectivity index (χ0n) is 18.0. The molecule has 8 heteroatoms. The Kier molecular flexibility index (Phi) is 6.45. The summed E-state index contributed by atoms with van der Waals surface area (Å²) in [5.74, 6) is 1.15. The fourth-order valence-corrected chi connectivity index (χ4v) is 3.96. The molecule has 0 aliphatic carbocycles. The van der Waals surface area contributed by atoms with Crippen LogP contribution in [0.25, 0.3) is 10.2 Å². The van der Waals surface area contributed by atoms with E-state index in [1.807, 2.05) is 27.7 Å². The van der Waals surface area contributed by atoms with Crippen LogP contribution in [0.3, 0.4) is 0 Å². The molecule has 1 unspecified atom stereocenters. The normalized spacial score (nSPS) is 12.2. The number of esters is 1. The fourth-order valence-electron chi connectivity index (χ4n) is 2.92. The number of aromatic amines is 1. The number of rotatable bonds is 7. The molecular formula is C22H26N2O5S. The quantitative estimate of drug-likeness (QED) is 0.553. The minimum Gasteiger partial charge on any atom is -0.493 e. The predicted molar refractivity (Wildman–Crippen MR) is 117 cm³/mol. The Hall–Kier alpha value is -2.87. The minimum atomic E-state index is -0.722. The number of aromatic nitrogens is 2. The number of thiophene rings is 1. The number of aryl methyl sites for hydroxylation is 2. The largest absolute Gasteiger partial charge is 0.493 e. The van der Waals surface area contributed by atoms with Gasteiger partial charge >= 0.3 is 5.97 Å². The summed E-state index contributed by atoms with van der Waals surface area (Å²) in [6, 6.07) is 4.89. The Morgan fingerprint density at radius 1 is 1.20 bits per heavy atom. The van der Waals surface area contributed by atoms with Crippen molar-refractivity contribution in [1.82, 2.24) is 9.97 Å². The third kappa shape index (κ3) is 4.48. The minimum absolute atomic E-state index is 0.229. The fraction of sp³-hybridized carbons (Fsp3) is 0.409. The molecule has 0 fully saturated rings. The molecular weight excluding hydrogens is 404 g/mol. The highest BCUT2D eigenvalue weighted by atomic mass is 32.1. The van der Waals surface area contributed by atoms with Crippen LogP contribution in [0.1, 0.15) is 53.5 Å². The zero-order valence-corrected chi connectivity index (χ0v) is 18.8. The standard InChI is InChI=1S/C22H26N2O5S/c1-11(2)10-28-16-8-7-15(9-17(16)27-6)22(26)29-13(4)19-23-20(25)18-12(3)14(5)30-21(18)24-19/h7-9,11,13H,10H2,1-6H3,(H,23,24,25). The van der Waals surface area contributed by atoms with Gasteiger partial charge in [0.05, 0.1) is 24.7 Å². The molecule has 0 saturated carbocycles. The Bertz CT molecular complexity index is 1130. The third-order valence-electron chi connectivity index (χ3n) is 4.70. The second-order valence-corrected chi connectivity index (χ2v) is 8.74. The summed E-state index contributed by atoms with van der Waals surface area (Å²) < 4.78 is 16.6. The Morgan fingerprint density at radius 3 is 2.60 bits per heavy atom. The molecule has 0 bridgehead atoms. The van der Waals surface area contributed by atoms with Crippen LogP contribution < -0.4 is 15.0 Å². The van der Waals surface area contributed by atoms with Crippen LogP contribution in [0.4, 0.5) is 0 Å². The summed E-state index contributed by atoms with van der Waals surface area (Å²) in [4.78, 5) is 34.0. The number of H-pyrrole nitrogens is 1. The van der Waals surface area contributed by atoms with Crippen molar-refractivity contribution >= 4 is 27.5 Å². The van der Waals surface area contributed by atoms with Crippen molar-refractivity contribution in [3.05, 3.63) is 50.4 Å². The van der Waals surface area contributed by atoms with Crippen LogP contribution in [0.5, 0.6) is 11.5 Å². The molecule has 7 nitrogen and oxygen atoms in total. The van der Waals surface area contributed by atoms with Gasteiger partial charge in [-0.15, -0.1) is 11.3 Å². The topological polar surface area (TPSA) is 90.5 Å². The Labute approximate surface area is 179 Å². The van der Waals surface area contributed by atoms with Gasteiger partial charge in [0.1, 0.15) is 4.83 Å². The van der Waals surface area contributed by atoms with Crippen LogP contribution in [0.2, 0.25) is 0 Å². The molecule has 0 radical (unpaired) electrons. The molecule has 30 heavy (non-hydrogen) atoms. The summed E-state index contributed by atoms with van der Waals surface area (Å²) >= 11 is 1.45. The van der Waals surface area contributed by atoms with Gasteiger partial charge in [0, 0.05) is 4.88 Å². The van der Waals surface area contributed by atoms with E-state index in [1.54, 1.807) is 25.1 Å². The summed E-state index contributed by atoms with van der Waals surface area (Å²) in [7, 11) is 1.52. The first-order chi connectivity index (χ1) is 14.2. The van der Waals surface area contributed by atoms with Crippen LogP contribution in [-0.4, -0.2) is 29.7 Å². The van der Waals surface area contributed by atoms with E-state index in [1.165, 1.54) is 18.4 Å². The van der Waals surface area contributed by atoms with Crippen molar-refractivity contribution in [2.45, 2.75) is 40.7 Å². The van der Waals surface area contributed by atoms with Crippen LogP contribution >= 0.6 is 11.3 Å². The van der Waals surface area contributed by atoms with E-state index in [-0.39, 0.29) is 5.56 Å². The molecule has 160 valence electrons. The highest BCUT2D eigenvalue weighted by molar-refractivity contribution is 7.18. The maximum absolute atomic E-state index is 12.6. The zero-order chi connectivity index (χ0) is 22.0. The first-order valence-corrected chi connectivity index (χ1v) is 10.5. The van der Waals surface area contributed by atoms with Gasteiger partial charge in [0.25, 0.3) is 5.56 Å². The first-order valence-electron chi connectivity index (χ1n) is 9.73. The van der Waals surface area contributed by atoms with Crippen LogP contribution in [-0.2, 0) is 4.74 Å². The lowest BCUT2D eigenvalue weighted by atomic mass is 10.2. The second-order valence-electron chi connectivity index (χ2n) is 7.53. The first kappa shape index (κ1) is 21.8. The summed E-state index contributed by atoms with van der Waals surface area (Å²) in [5.41, 5.74) is 1.02. The van der Waals surface area contributed by atoms with Gasteiger partial charge in [0.2, 0.25) is 0 Å². The molecule has 1 aromatic carbocycles. The lowest BCUT2D eigenvalue weighted by Gasteiger charge is -2.15. The van der Waals surface area contributed by atoms with Gasteiger partial charge in [-0.25, -0.2) is 9.78 Å². The molecule has 0 aliphatic rings. The molecule has 0 aliphatic heterocycles. The SMILES string of the molecule is COc1cc(C(=O)OC(C)c2nc3sc(C)c(C)c3c(=O)[nH]2)ccc1OCC(C)C. The van der Waals surface area contributed by atoms with Crippen molar-refractivity contribution in [3.8, 4) is 11.5 Å². The van der Waals surface area contributed by atoms with Crippen molar-refractivity contribution in [2.75, 3.05) is 13.7 Å². The maximum Gasteiger partial charge on any atom is 0.338 e. The number of hydrogen-bond acceptors (Lipinski definition) is 7. The summed E-state index contributed by atoms with van der Waals surface area (Å²) in [6.07, 6.45) is -0.722. The number of hydrogen-bond donors (Lipinski definition) is 1. The molecule has 2 heterocycles. The van der Waals surface area contributed by atoms with Crippen molar-refractivity contribution in [3.63, 3.8) is 0 Å². The van der Waals surface area contributed by atoms with E-state index in [2.05, 4.69) is 9.97 Å². The van der Waals surface area contributed by atoms with Gasteiger partial charge < -0.3 is 19.2 Å². The van der Waals surface area contributed by atoms with Crippen molar-refractivity contribution in [1.29, 1.82) is 0 Å². The molecule has 2 aromatic heterocycles. The maximum atomic E-state index is 12.6. The molecule has 1 atom stereocenters. The lowest BCUT2D eigenvalue weighted by molar-refractivity contribution is 0.0319. The number of nitrogens with one attached hydrogen (secondary N) is 1. The number of benzene rings is 1. The summed E-state index contributed by atoms with van der Waals surface area (Å²) in [6.45, 7) is 10.2. The third-order valence-corrected chi connectivity index (χ3v) is 5.80. The van der Waals surface area contributed by atoms with E-state index in [9.17, 15) is 9.59 Å². The van der Waals surface area contributed by atoms with Gasteiger partial charge in [0.15, 0.2) is 23.4 Å². The summed E-state index contributed by atoms with van der Waals surface area (Å²) in [5, 5.41) is 0.585. The molecule has 1 N–H and O–H groups in total. The highest BCUT2D eigenvalue weighted by Crippen LogP contribution is 2.30. The van der Waals surface area contributed by atoms with Gasteiger partial charge in [-0.3, -0.25) is 4.79 Å². The van der Waals surface area contributed by atoms with Gasteiger partial charge in [-0.05, 0) is 50.5 Å². The van der Waals surface area contributed by atoms with E-state index >= 15 is 0 Å². The molecule has 0 amide bonds. The predicted octanol–water partition coefficient (Wildman–Crippen LogP) is 4.56. The van der Waals surface area contributed by atoms with E-state index in [0.717, 1.165) is 10.4 Å². The number of ether oxygens (including phenoxy) is 3. The number of carbonyl (C=O) groups is 1. The van der Waals surface area contributed by atoms with Crippen molar-refractivity contribution in [2.24, 2.45) is 5.92 Å². The number of fused-ring (bicyclic) bond motifs is 1. The Balaban J connectivity index is 1.80. The van der Waals surface area contributed by atoms with E-state index in [0.29, 0.717) is 45.6 Å². The average Bonchev–Trinajstić information content (AvgIpc) is 3.00. The van der Waals surface area contributed by atoms with Gasteiger partial charge in [-0.2, -0.15) is 0 Å². The molecule has 3 rings (SSSR count). The van der Waals surface area contributed by atoms with Crippen LogP contribution in [0.15, 0.2) is 23.0 Å². The Morgan fingerprint density at radius 2 is 1.93 bits per heavy atom. The smallest absolute Gasteiger partial charge is 0.338 e. The van der Waals surface area contributed by atoms with E-state index < -0.39 is 12.1 Å². The van der Waals surface area contributed by atoms with Crippen LogP contribution in [0, 0.1) is 19.8 Å². The number of carbonyl (C=O) groups excluding carboxylic acids is 1. The molecule has 3 aromatic rings. The molecule has 0 saturated heterocycles. The van der Waals surface area contributed by atoms with E-state index in [4.69, 9.17) is 14.2 Å². The average molecular weight is 431 g/mol. The monoisotopic (exact) mass is 430 g/mol.